The molecule has 1 fully saturated rings. The van der Waals surface area contributed by atoms with Crippen molar-refractivity contribution in [2.45, 2.75) is 65.1 Å². The quantitative estimate of drug-likeness (QED) is 0.760. The van der Waals surface area contributed by atoms with Gasteiger partial charge >= 0.3 is 0 Å². The fraction of sp³-hybridized carbons (Fsp3) is 0.600. The molecule has 0 unspecified atom stereocenters. The Bertz CT molecular complexity index is 650. The highest BCUT2D eigenvalue weighted by Gasteiger charge is 2.52. The molecular formula is C20H28O3. The predicted molar refractivity (Wildman–Crippen MR) is 92.0 cm³/mol. The Balaban J connectivity index is 2.14. The summed E-state index contributed by atoms with van der Waals surface area (Å²) < 4.78 is 5.74. The second-order valence-corrected chi connectivity index (χ2v) is 7.93. The van der Waals surface area contributed by atoms with Crippen LogP contribution >= 0.6 is 0 Å². The maximum Gasteiger partial charge on any atom is 0.130 e. The van der Waals surface area contributed by atoms with Crippen LogP contribution in [0.5, 0.6) is 0 Å². The summed E-state index contributed by atoms with van der Waals surface area (Å²) in [7, 11) is 0. The monoisotopic (exact) mass is 316 g/mol. The van der Waals surface area contributed by atoms with E-state index < -0.39 is 11.7 Å². The van der Waals surface area contributed by atoms with Crippen LogP contribution in [-0.2, 0) is 6.42 Å². The second kappa shape index (κ2) is 5.64. The zero-order chi connectivity index (χ0) is 16.8. The Morgan fingerprint density at radius 3 is 2.74 bits per heavy atom. The lowest BCUT2D eigenvalue weighted by atomic mass is 9.56. The Kier molecular flexibility index (Phi) is 4.06. The SMILES string of the molecule is CC1=C/c2occ(C)c2C[C@@H]2[C@@](C)(C/C=C\1)[C@@H](O)CC[C@]2(C)O. The first kappa shape index (κ1) is 16.5. The molecule has 0 aliphatic heterocycles. The van der Waals surface area contributed by atoms with E-state index >= 15 is 0 Å². The third-order valence-electron chi connectivity index (χ3n) is 6.07. The molecule has 3 rings (SSSR count). The van der Waals surface area contributed by atoms with E-state index in [1.807, 2.05) is 6.92 Å². The third kappa shape index (κ3) is 2.81. The molecule has 0 bridgehead atoms. The van der Waals surface area contributed by atoms with Crippen molar-refractivity contribution in [2.75, 3.05) is 0 Å². The normalized spacial score (nSPS) is 41.4. The molecule has 0 radical (unpaired) electrons. The Morgan fingerprint density at radius 1 is 1.26 bits per heavy atom. The Morgan fingerprint density at radius 2 is 2.00 bits per heavy atom. The third-order valence-corrected chi connectivity index (χ3v) is 6.07. The number of aryl methyl sites for hydroxylation is 1. The summed E-state index contributed by atoms with van der Waals surface area (Å²) in [5.41, 5.74) is 2.30. The van der Waals surface area contributed by atoms with Crippen LogP contribution in [-0.4, -0.2) is 21.9 Å². The summed E-state index contributed by atoms with van der Waals surface area (Å²) >= 11 is 0. The van der Waals surface area contributed by atoms with Gasteiger partial charge in [0.05, 0.1) is 18.0 Å². The topological polar surface area (TPSA) is 53.6 Å². The van der Waals surface area contributed by atoms with Crippen LogP contribution in [0.15, 0.2) is 28.4 Å². The van der Waals surface area contributed by atoms with Gasteiger partial charge in [0.15, 0.2) is 0 Å². The molecular weight excluding hydrogens is 288 g/mol. The molecule has 1 heterocycles. The van der Waals surface area contributed by atoms with Crippen molar-refractivity contribution >= 4 is 6.08 Å². The van der Waals surface area contributed by atoms with Crippen molar-refractivity contribution in [3.05, 3.63) is 40.9 Å². The molecule has 4 atom stereocenters. The Hall–Kier alpha value is -1.32. The van der Waals surface area contributed by atoms with Gasteiger partial charge in [0, 0.05) is 11.0 Å². The molecule has 1 aromatic rings. The lowest BCUT2D eigenvalue weighted by Crippen LogP contribution is -2.55. The standard InChI is InChI=1S/C20H28O3/c1-13-6-5-8-19(3)17(20(4,22)9-7-18(19)21)11-15-14(2)12-23-16(15)10-13/h5-6,10,12,17-18,21-22H,7-9,11H2,1-4H3/b6-5-,13-10-/t17-,18+,19-,20+/m1/s1. The highest BCUT2D eigenvalue weighted by Crippen LogP contribution is 2.51. The van der Waals surface area contributed by atoms with E-state index in [1.54, 1.807) is 6.26 Å². The maximum atomic E-state index is 11.1. The van der Waals surface area contributed by atoms with E-state index in [9.17, 15) is 10.2 Å². The number of hydrogen-bond donors (Lipinski definition) is 2. The zero-order valence-electron chi connectivity index (χ0n) is 14.6. The molecule has 0 saturated heterocycles. The number of aliphatic hydroxyl groups is 2. The van der Waals surface area contributed by atoms with Crippen LogP contribution in [0.2, 0.25) is 0 Å². The smallest absolute Gasteiger partial charge is 0.130 e. The molecule has 126 valence electrons. The minimum Gasteiger partial charge on any atom is -0.464 e. The Labute approximate surface area is 138 Å². The van der Waals surface area contributed by atoms with E-state index in [1.165, 1.54) is 0 Å². The van der Waals surface area contributed by atoms with Gasteiger partial charge in [-0.05, 0) is 69.6 Å². The minimum atomic E-state index is -0.777. The molecule has 3 heteroatoms. The van der Waals surface area contributed by atoms with Gasteiger partial charge in [0.1, 0.15) is 5.76 Å². The van der Waals surface area contributed by atoms with Crippen molar-refractivity contribution in [1.82, 2.24) is 0 Å². The number of hydrogen-bond acceptors (Lipinski definition) is 3. The number of rotatable bonds is 0. The average molecular weight is 316 g/mol. The van der Waals surface area contributed by atoms with Gasteiger partial charge in [0.25, 0.3) is 0 Å². The number of aliphatic hydroxyl groups excluding tert-OH is 1. The predicted octanol–water partition coefficient (Wildman–Crippen LogP) is 4.02. The maximum absolute atomic E-state index is 11.1. The van der Waals surface area contributed by atoms with E-state index in [2.05, 4.69) is 39.0 Å². The summed E-state index contributed by atoms with van der Waals surface area (Å²) in [6.07, 6.45) is 10.5. The van der Waals surface area contributed by atoms with Gasteiger partial charge < -0.3 is 14.6 Å². The molecule has 0 aromatic carbocycles. The first-order chi connectivity index (χ1) is 10.7. The summed E-state index contributed by atoms with van der Waals surface area (Å²) in [5.74, 6) is 0.870. The summed E-state index contributed by atoms with van der Waals surface area (Å²) in [6.45, 7) is 8.16. The van der Waals surface area contributed by atoms with Crippen molar-refractivity contribution < 1.29 is 14.6 Å². The highest BCUT2D eigenvalue weighted by atomic mass is 16.3. The van der Waals surface area contributed by atoms with E-state index in [-0.39, 0.29) is 11.3 Å². The van der Waals surface area contributed by atoms with Gasteiger partial charge in [-0.25, -0.2) is 0 Å². The minimum absolute atomic E-state index is 0.00902. The lowest BCUT2D eigenvalue weighted by molar-refractivity contribution is -0.148. The van der Waals surface area contributed by atoms with Gasteiger partial charge in [-0.15, -0.1) is 0 Å². The van der Waals surface area contributed by atoms with Crippen LogP contribution in [0.25, 0.3) is 6.08 Å². The number of fused-ring (bicyclic) bond motifs is 2. The number of furan rings is 1. The second-order valence-electron chi connectivity index (χ2n) is 7.93. The van der Waals surface area contributed by atoms with E-state index in [0.717, 1.165) is 35.3 Å². The molecule has 2 aliphatic rings. The van der Waals surface area contributed by atoms with Crippen LogP contribution in [0.1, 0.15) is 56.9 Å². The van der Waals surface area contributed by atoms with Crippen molar-refractivity contribution in [3.8, 4) is 0 Å². The molecule has 2 N–H and O–H groups in total. The summed E-state index contributed by atoms with van der Waals surface area (Å²) in [6, 6.07) is 0. The molecule has 0 amide bonds. The number of allylic oxidation sites excluding steroid dienone is 3. The molecule has 0 spiro atoms. The fourth-order valence-electron chi connectivity index (χ4n) is 4.44. The van der Waals surface area contributed by atoms with Crippen molar-refractivity contribution in [3.63, 3.8) is 0 Å². The molecule has 1 saturated carbocycles. The van der Waals surface area contributed by atoms with Crippen LogP contribution in [0.3, 0.4) is 0 Å². The fourth-order valence-corrected chi connectivity index (χ4v) is 4.44. The van der Waals surface area contributed by atoms with Crippen molar-refractivity contribution in [2.24, 2.45) is 11.3 Å². The molecule has 2 aliphatic carbocycles. The van der Waals surface area contributed by atoms with Crippen LogP contribution in [0, 0.1) is 18.3 Å². The summed E-state index contributed by atoms with van der Waals surface area (Å²) in [5, 5.41) is 21.8. The first-order valence-corrected chi connectivity index (χ1v) is 8.56. The van der Waals surface area contributed by atoms with Gasteiger partial charge in [-0.2, -0.15) is 0 Å². The molecule has 1 aromatic heterocycles. The van der Waals surface area contributed by atoms with Crippen LogP contribution in [0.4, 0.5) is 0 Å². The van der Waals surface area contributed by atoms with Crippen molar-refractivity contribution in [1.29, 1.82) is 0 Å². The van der Waals surface area contributed by atoms with Gasteiger partial charge in [-0.3, -0.25) is 0 Å². The van der Waals surface area contributed by atoms with Gasteiger partial charge in [-0.1, -0.05) is 19.1 Å². The molecule has 3 nitrogen and oxygen atoms in total. The van der Waals surface area contributed by atoms with Gasteiger partial charge in [0.2, 0.25) is 0 Å². The highest BCUT2D eigenvalue weighted by molar-refractivity contribution is 5.56. The summed E-state index contributed by atoms with van der Waals surface area (Å²) in [4.78, 5) is 0. The van der Waals surface area contributed by atoms with E-state index in [0.29, 0.717) is 12.8 Å². The largest absolute Gasteiger partial charge is 0.464 e. The van der Waals surface area contributed by atoms with Crippen LogP contribution < -0.4 is 0 Å². The molecule has 23 heavy (non-hydrogen) atoms. The van der Waals surface area contributed by atoms with E-state index in [4.69, 9.17) is 4.42 Å². The zero-order valence-corrected chi connectivity index (χ0v) is 14.6. The average Bonchev–Trinajstić information content (AvgIpc) is 2.80. The first-order valence-electron chi connectivity index (χ1n) is 8.56. The lowest BCUT2D eigenvalue weighted by Gasteiger charge is -2.52.